The minimum Gasteiger partial charge on any atom is -0.473 e. The van der Waals surface area contributed by atoms with E-state index in [9.17, 15) is 5.11 Å². The highest BCUT2D eigenvalue weighted by Gasteiger charge is 2.27. The number of benzene rings is 1. The molecule has 0 unspecified atom stereocenters. The first kappa shape index (κ1) is 24.3. The summed E-state index contributed by atoms with van der Waals surface area (Å²) >= 11 is 7.91. The molecule has 0 amide bonds. The molecule has 1 aliphatic heterocycles. The van der Waals surface area contributed by atoms with Crippen LogP contribution < -0.4 is 4.90 Å². The molecule has 0 bridgehead atoms. The van der Waals surface area contributed by atoms with Crippen LogP contribution in [0.2, 0.25) is 5.02 Å². The molecule has 34 heavy (non-hydrogen) atoms. The molecule has 1 aliphatic carbocycles. The quantitative estimate of drug-likeness (QED) is 0.459. The van der Waals surface area contributed by atoms with Gasteiger partial charge >= 0.3 is 11.9 Å². The number of thiophene rings is 1. The second-order valence-electron chi connectivity index (χ2n) is 8.08. The molecule has 180 valence electrons. The van der Waals surface area contributed by atoms with Crippen molar-refractivity contribution in [2.75, 3.05) is 44.2 Å². The van der Waals surface area contributed by atoms with Gasteiger partial charge in [-0.1, -0.05) is 11.6 Å². The van der Waals surface area contributed by atoms with Crippen LogP contribution in [0.3, 0.4) is 0 Å². The van der Waals surface area contributed by atoms with E-state index in [0.717, 1.165) is 72.6 Å². The monoisotopic (exact) mass is 504 g/mol. The standard InChI is InChI=1S/C21H23ClN4OS.C2H2O4/c22-15-6-4-14(5-7-15)19-23-20(26-10-8-25(9-11-26)12-13-27)18-16-2-1-3-17(16)28-21(18)24-19;3-1(4)2(5)6/h4-7,27H,1-3,8-13H2;(H,3,4)(H,5,6). The summed E-state index contributed by atoms with van der Waals surface area (Å²) in [4.78, 5) is 35.5. The Bertz CT molecular complexity index is 1180. The Morgan fingerprint density at radius 1 is 1.00 bits per heavy atom. The van der Waals surface area contributed by atoms with Gasteiger partial charge in [0, 0.05) is 48.2 Å². The lowest BCUT2D eigenvalue weighted by atomic mass is 10.1. The lowest BCUT2D eigenvalue weighted by Crippen LogP contribution is -2.47. The van der Waals surface area contributed by atoms with E-state index >= 15 is 0 Å². The highest BCUT2D eigenvalue weighted by atomic mass is 35.5. The molecule has 0 radical (unpaired) electrons. The number of piperazine rings is 1. The molecule has 5 rings (SSSR count). The number of nitrogens with zero attached hydrogens (tertiary/aromatic N) is 4. The zero-order valence-electron chi connectivity index (χ0n) is 18.4. The van der Waals surface area contributed by atoms with Gasteiger partial charge in [0.1, 0.15) is 10.6 Å². The lowest BCUT2D eigenvalue weighted by molar-refractivity contribution is -0.159. The largest absolute Gasteiger partial charge is 0.473 e. The second-order valence-corrected chi connectivity index (χ2v) is 9.60. The zero-order chi connectivity index (χ0) is 24.2. The summed E-state index contributed by atoms with van der Waals surface area (Å²) < 4.78 is 0. The van der Waals surface area contributed by atoms with Gasteiger partial charge < -0.3 is 20.2 Å². The van der Waals surface area contributed by atoms with Gasteiger partial charge in [-0.25, -0.2) is 19.6 Å². The molecule has 1 saturated heterocycles. The van der Waals surface area contributed by atoms with Crippen molar-refractivity contribution in [3.8, 4) is 11.4 Å². The van der Waals surface area contributed by atoms with Crippen LogP contribution in [0.15, 0.2) is 24.3 Å². The number of carboxylic acid groups (broad SMARTS) is 2. The van der Waals surface area contributed by atoms with E-state index in [4.69, 9.17) is 41.4 Å². The van der Waals surface area contributed by atoms with E-state index in [-0.39, 0.29) is 6.61 Å². The van der Waals surface area contributed by atoms with Gasteiger partial charge in [0.2, 0.25) is 0 Å². The molecule has 2 aliphatic rings. The maximum atomic E-state index is 9.22. The SMILES string of the molecule is O=C(O)C(=O)O.OCCN1CCN(c2nc(-c3ccc(Cl)cc3)nc3sc4c(c23)CCC4)CC1. The third-order valence-corrected chi connectivity index (χ3v) is 7.36. The average molecular weight is 505 g/mol. The van der Waals surface area contributed by atoms with Crippen molar-refractivity contribution in [2.24, 2.45) is 0 Å². The summed E-state index contributed by atoms with van der Waals surface area (Å²) in [5.74, 6) is -1.79. The summed E-state index contributed by atoms with van der Waals surface area (Å²) in [6, 6.07) is 7.78. The Balaban J connectivity index is 0.000000408. The number of aromatic nitrogens is 2. The van der Waals surface area contributed by atoms with E-state index in [1.54, 1.807) is 0 Å². The third kappa shape index (κ3) is 5.30. The summed E-state index contributed by atoms with van der Waals surface area (Å²) in [5, 5.41) is 26.0. The fourth-order valence-electron chi connectivity index (χ4n) is 4.26. The molecule has 0 spiro atoms. The van der Waals surface area contributed by atoms with E-state index in [0.29, 0.717) is 0 Å². The predicted molar refractivity (Wildman–Crippen MR) is 131 cm³/mol. The van der Waals surface area contributed by atoms with Crippen molar-refractivity contribution in [2.45, 2.75) is 19.3 Å². The Labute approximate surface area is 205 Å². The van der Waals surface area contributed by atoms with E-state index in [1.165, 1.54) is 22.2 Å². The Morgan fingerprint density at radius 3 is 2.29 bits per heavy atom. The third-order valence-electron chi connectivity index (χ3n) is 5.92. The number of fused-ring (bicyclic) bond motifs is 3. The van der Waals surface area contributed by atoms with Gasteiger partial charge in [0.15, 0.2) is 5.82 Å². The summed E-state index contributed by atoms with van der Waals surface area (Å²) in [6.07, 6.45) is 3.53. The van der Waals surface area contributed by atoms with Crippen LogP contribution in [-0.4, -0.2) is 81.5 Å². The molecule has 1 fully saturated rings. The van der Waals surface area contributed by atoms with Crippen molar-refractivity contribution in [1.29, 1.82) is 0 Å². The highest BCUT2D eigenvalue weighted by molar-refractivity contribution is 7.19. The smallest absolute Gasteiger partial charge is 0.414 e. The van der Waals surface area contributed by atoms with Crippen molar-refractivity contribution < 1.29 is 24.9 Å². The minimum absolute atomic E-state index is 0.219. The molecule has 0 atom stereocenters. The summed E-state index contributed by atoms with van der Waals surface area (Å²) in [7, 11) is 0. The highest BCUT2D eigenvalue weighted by Crippen LogP contribution is 2.41. The van der Waals surface area contributed by atoms with Gasteiger partial charge in [-0.15, -0.1) is 11.3 Å². The van der Waals surface area contributed by atoms with Gasteiger partial charge in [-0.2, -0.15) is 0 Å². The topological polar surface area (TPSA) is 127 Å². The molecular weight excluding hydrogens is 480 g/mol. The fraction of sp³-hybridized carbons (Fsp3) is 0.391. The number of halogens is 1. The lowest BCUT2D eigenvalue weighted by Gasteiger charge is -2.35. The number of aliphatic hydroxyl groups is 1. The normalized spacial score (nSPS) is 15.6. The van der Waals surface area contributed by atoms with Crippen molar-refractivity contribution in [3.63, 3.8) is 0 Å². The van der Waals surface area contributed by atoms with Gasteiger partial charge in [-0.05, 0) is 49.1 Å². The van der Waals surface area contributed by atoms with E-state index in [2.05, 4.69) is 9.80 Å². The molecule has 0 saturated carbocycles. The maximum Gasteiger partial charge on any atom is 0.414 e. The number of aryl methyl sites for hydroxylation is 2. The average Bonchev–Trinajstić information content (AvgIpc) is 3.41. The molecular formula is C23H25ClN4O5S. The van der Waals surface area contributed by atoms with Crippen molar-refractivity contribution in [1.82, 2.24) is 14.9 Å². The van der Waals surface area contributed by atoms with E-state index < -0.39 is 11.9 Å². The number of β-amino-alcohol motifs (C(OH)–C–C–N with tert-alkyl or cyclic N) is 1. The van der Waals surface area contributed by atoms with Crippen LogP contribution in [-0.2, 0) is 22.4 Å². The molecule has 11 heteroatoms. The fourth-order valence-corrected chi connectivity index (χ4v) is 5.64. The van der Waals surface area contributed by atoms with Gasteiger partial charge in [0.05, 0.1) is 12.0 Å². The number of aliphatic hydroxyl groups excluding tert-OH is 1. The Kier molecular flexibility index (Phi) is 7.62. The number of carbonyl (C=O) groups is 2. The molecule has 1 aromatic carbocycles. The molecule has 3 aromatic rings. The number of carboxylic acids is 2. The van der Waals surface area contributed by atoms with Crippen LogP contribution in [0.4, 0.5) is 5.82 Å². The number of aliphatic carboxylic acids is 2. The molecule has 9 nitrogen and oxygen atoms in total. The predicted octanol–water partition coefficient (Wildman–Crippen LogP) is 2.77. The number of hydrogen-bond donors (Lipinski definition) is 3. The summed E-state index contributed by atoms with van der Waals surface area (Å²) in [5.41, 5.74) is 2.47. The number of hydrogen-bond acceptors (Lipinski definition) is 8. The van der Waals surface area contributed by atoms with Gasteiger partial charge in [-0.3, -0.25) is 4.90 Å². The Morgan fingerprint density at radius 2 is 1.68 bits per heavy atom. The molecule has 2 aromatic heterocycles. The molecule has 3 heterocycles. The van der Waals surface area contributed by atoms with E-state index in [1.807, 2.05) is 35.6 Å². The van der Waals surface area contributed by atoms with Crippen LogP contribution in [0, 0.1) is 0 Å². The summed E-state index contributed by atoms with van der Waals surface area (Å²) in [6.45, 7) is 4.73. The first-order chi connectivity index (χ1) is 16.4. The first-order valence-corrected chi connectivity index (χ1v) is 12.2. The van der Waals surface area contributed by atoms with Crippen LogP contribution in [0.1, 0.15) is 16.9 Å². The van der Waals surface area contributed by atoms with Gasteiger partial charge in [0.25, 0.3) is 0 Å². The molecule has 3 N–H and O–H groups in total. The number of rotatable bonds is 4. The number of anilines is 1. The minimum atomic E-state index is -1.82. The van der Waals surface area contributed by atoms with Crippen molar-refractivity contribution >= 4 is 50.9 Å². The van der Waals surface area contributed by atoms with Crippen molar-refractivity contribution in [3.05, 3.63) is 39.7 Å². The van der Waals surface area contributed by atoms with Crippen LogP contribution in [0.5, 0.6) is 0 Å². The van der Waals surface area contributed by atoms with Crippen LogP contribution >= 0.6 is 22.9 Å². The maximum absolute atomic E-state index is 9.22. The second kappa shape index (κ2) is 10.6. The van der Waals surface area contributed by atoms with Crippen LogP contribution in [0.25, 0.3) is 21.6 Å². The first-order valence-electron chi connectivity index (χ1n) is 11.0. The zero-order valence-corrected chi connectivity index (χ0v) is 20.0. The Hall–Kier alpha value is -2.79.